The second kappa shape index (κ2) is 7.10. The summed E-state index contributed by atoms with van der Waals surface area (Å²) in [6.07, 6.45) is 1.80. The third-order valence-corrected chi connectivity index (χ3v) is 5.48. The van der Waals surface area contributed by atoms with Crippen molar-refractivity contribution in [2.45, 2.75) is 0 Å². The molecule has 4 aromatic rings. The van der Waals surface area contributed by atoms with Crippen LogP contribution in [0.4, 0.5) is 5.69 Å². The highest BCUT2D eigenvalue weighted by Gasteiger charge is 2.13. The fraction of sp³-hybridized carbons (Fsp3) is 0.0476. The summed E-state index contributed by atoms with van der Waals surface area (Å²) in [5, 5.41) is 20.7. The third kappa shape index (κ3) is 3.17. The van der Waals surface area contributed by atoms with Crippen LogP contribution in [0.1, 0.15) is 10.7 Å². The molecule has 4 rings (SSSR count). The molecule has 0 spiro atoms. The molecule has 0 saturated heterocycles. The Bertz CT molecular complexity index is 1280. The van der Waals surface area contributed by atoms with Crippen molar-refractivity contribution in [3.8, 4) is 16.5 Å². The van der Waals surface area contributed by atoms with Gasteiger partial charge in [-0.3, -0.25) is 10.1 Å². The van der Waals surface area contributed by atoms with Crippen LogP contribution in [0.5, 0.6) is 0 Å². The largest absolute Gasteiger partial charge is 0.327 e. The molecule has 0 amide bonds. The maximum atomic E-state index is 11.0. The minimum Gasteiger partial charge on any atom is -0.327 e. The lowest BCUT2D eigenvalue weighted by Crippen LogP contribution is -1.95. The highest BCUT2D eigenvalue weighted by atomic mass is 32.1. The average Bonchev–Trinajstić information content (AvgIpc) is 3.31. The van der Waals surface area contributed by atoms with Gasteiger partial charge in [-0.1, -0.05) is 24.3 Å². The fourth-order valence-electron chi connectivity index (χ4n) is 3.03. The molecule has 2 aromatic carbocycles. The van der Waals surface area contributed by atoms with Crippen LogP contribution in [0.2, 0.25) is 0 Å². The smallest absolute Gasteiger partial charge is 0.270 e. The number of para-hydroxylation sites is 2. The minimum absolute atomic E-state index is 0.0559. The quantitative estimate of drug-likeness (QED) is 0.271. The van der Waals surface area contributed by atoms with E-state index in [1.165, 1.54) is 17.4 Å². The lowest BCUT2D eigenvalue weighted by atomic mass is 10.1. The number of benzene rings is 2. The molecule has 0 unspecified atom stereocenters. The van der Waals surface area contributed by atoms with Crippen molar-refractivity contribution in [1.29, 1.82) is 5.26 Å². The van der Waals surface area contributed by atoms with Gasteiger partial charge < -0.3 is 4.57 Å². The predicted octanol–water partition coefficient (Wildman–Crippen LogP) is 5.27. The van der Waals surface area contributed by atoms with E-state index >= 15 is 0 Å². The first-order chi connectivity index (χ1) is 13.6. The summed E-state index contributed by atoms with van der Waals surface area (Å²) >= 11 is 1.47. The van der Waals surface area contributed by atoms with Crippen molar-refractivity contribution < 1.29 is 4.92 Å². The minimum atomic E-state index is -0.405. The Hall–Kier alpha value is -3.76. The van der Waals surface area contributed by atoms with Crippen LogP contribution in [-0.4, -0.2) is 14.5 Å². The van der Waals surface area contributed by atoms with Gasteiger partial charge in [-0.05, 0) is 35.9 Å². The molecule has 0 aliphatic heterocycles. The van der Waals surface area contributed by atoms with Gasteiger partial charge in [-0.15, -0.1) is 11.3 Å². The van der Waals surface area contributed by atoms with Gasteiger partial charge in [-0.2, -0.15) is 5.26 Å². The Kier molecular flexibility index (Phi) is 4.47. The molecule has 0 bridgehead atoms. The molecule has 6 nitrogen and oxygen atoms in total. The van der Waals surface area contributed by atoms with Crippen molar-refractivity contribution in [3.63, 3.8) is 0 Å². The fourth-order valence-corrected chi connectivity index (χ4v) is 3.98. The maximum absolute atomic E-state index is 11.0. The van der Waals surface area contributed by atoms with Gasteiger partial charge in [0.15, 0.2) is 5.82 Å². The van der Waals surface area contributed by atoms with E-state index in [1.54, 1.807) is 18.2 Å². The molecule has 2 aromatic heterocycles. The van der Waals surface area contributed by atoms with Gasteiger partial charge in [0.2, 0.25) is 0 Å². The zero-order chi connectivity index (χ0) is 19.7. The monoisotopic (exact) mass is 386 g/mol. The van der Waals surface area contributed by atoms with Gasteiger partial charge >= 0.3 is 0 Å². The number of non-ortho nitro benzene ring substituents is 1. The Balaban J connectivity index is 1.72. The van der Waals surface area contributed by atoms with Gasteiger partial charge in [0.25, 0.3) is 5.69 Å². The summed E-state index contributed by atoms with van der Waals surface area (Å²) in [5.41, 5.74) is 3.10. The van der Waals surface area contributed by atoms with E-state index in [-0.39, 0.29) is 5.69 Å². The summed E-state index contributed by atoms with van der Waals surface area (Å²) in [6, 6.07) is 20.3. The molecule has 7 heteroatoms. The number of rotatable bonds is 4. The molecule has 0 saturated carbocycles. The number of hydrogen-bond donors (Lipinski definition) is 0. The van der Waals surface area contributed by atoms with Crippen LogP contribution in [0, 0.1) is 21.4 Å². The van der Waals surface area contributed by atoms with E-state index in [2.05, 4.69) is 11.1 Å². The number of imidazole rings is 1. The predicted molar refractivity (Wildman–Crippen MR) is 111 cm³/mol. The normalized spacial score (nSPS) is 11.5. The van der Waals surface area contributed by atoms with Crippen LogP contribution in [0.15, 0.2) is 60.7 Å². The van der Waals surface area contributed by atoms with Gasteiger partial charge in [-0.25, -0.2) is 4.98 Å². The Morgan fingerprint density at radius 3 is 2.79 bits per heavy atom. The first kappa shape index (κ1) is 17.6. The lowest BCUT2D eigenvalue weighted by Gasteiger charge is -2.00. The third-order valence-electron chi connectivity index (χ3n) is 4.40. The van der Waals surface area contributed by atoms with E-state index in [0.717, 1.165) is 26.4 Å². The van der Waals surface area contributed by atoms with Crippen LogP contribution in [0.3, 0.4) is 0 Å². The molecule has 2 heterocycles. The number of hydrogen-bond acceptors (Lipinski definition) is 5. The zero-order valence-corrected chi connectivity index (χ0v) is 15.7. The van der Waals surface area contributed by atoms with Gasteiger partial charge in [0.05, 0.1) is 21.5 Å². The first-order valence-electron chi connectivity index (χ1n) is 8.45. The maximum Gasteiger partial charge on any atom is 0.270 e. The van der Waals surface area contributed by atoms with Crippen molar-refractivity contribution in [2.24, 2.45) is 7.05 Å². The van der Waals surface area contributed by atoms with E-state index in [4.69, 9.17) is 0 Å². The number of allylic oxidation sites excluding steroid dienone is 1. The molecule has 136 valence electrons. The second-order valence-electron chi connectivity index (χ2n) is 6.16. The number of nitrogens with zero attached hydrogens (tertiary/aromatic N) is 4. The topological polar surface area (TPSA) is 84.8 Å². The number of thiophene rings is 1. The van der Waals surface area contributed by atoms with E-state index in [9.17, 15) is 15.4 Å². The number of fused-ring (bicyclic) bond motifs is 1. The number of aromatic nitrogens is 2. The van der Waals surface area contributed by atoms with Crippen LogP contribution in [-0.2, 0) is 7.05 Å². The molecule has 0 fully saturated rings. The second-order valence-corrected chi connectivity index (χ2v) is 7.28. The molecule has 0 aliphatic carbocycles. The van der Waals surface area contributed by atoms with Crippen molar-refractivity contribution in [2.75, 3.05) is 0 Å². The lowest BCUT2D eigenvalue weighted by molar-refractivity contribution is -0.384. The Morgan fingerprint density at radius 2 is 2.04 bits per heavy atom. The van der Waals surface area contributed by atoms with Gasteiger partial charge in [0, 0.05) is 28.9 Å². The number of nitriles is 1. The number of aryl methyl sites for hydroxylation is 1. The summed E-state index contributed by atoms with van der Waals surface area (Å²) in [4.78, 5) is 16.9. The van der Waals surface area contributed by atoms with Crippen LogP contribution in [0.25, 0.3) is 33.1 Å². The molecular weight excluding hydrogens is 372 g/mol. The molecule has 28 heavy (non-hydrogen) atoms. The number of nitro groups is 1. The Labute approximate surface area is 164 Å². The Morgan fingerprint density at radius 1 is 1.21 bits per heavy atom. The SMILES string of the molecule is Cn1c(C(C#N)=Cc2ccc(-c3cccc([N+](=O)[O-])c3)s2)nc2ccccc21. The first-order valence-corrected chi connectivity index (χ1v) is 9.27. The van der Waals surface area contributed by atoms with E-state index < -0.39 is 4.92 Å². The zero-order valence-electron chi connectivity index (χ0n) is 14.9. The van der Waals surface area contributed by atoms with E-state index in [1.807, 2.05) is 54.1 Å². The standard InChI is InChI=1S/C21H14N4O2S/c1-24-19-8-3-2-7-18(19)23-21(24)15(13-22)12-17-9-10-20(28-17)14-5-4-6-16(11-14)25(26)27/h2-12H,1H3. The molecule has 0 radical (unpaired) electrons. The summed E-state index contributed by atoms with van der Waals surface area (Å²) in [7, 11) is 1.89. The highest BCUT2D eigenvalue weighted by molar-refractivity contribution is 7.16. The summed E-state index contributed by atoms with van der Waals surface area (Å²) in [5.74, 6) is 0.606. The molecular formula is C21H14N4O2S. The van der Waals surface area contributed by atoms with E-state index in [0.29, 0.717) is 11.4 Å². The summed E-state index contributed by atoms with van der Waals surface area (Å²) < 4.78 is 1.90. The van der Waals surface area contributed by atoms with Crippen LogP contribution < -0.4 is 0 Å². The highest BCUT2D eigenvalue weighted by Crippen LogP contribution is 2.32. The van der Waals surface area contributed by atoms with Gasteiger partial charge in [0.1, 0.15) is 6.07 Å². The average molecular weight is 386 g/mol. The van der Waals surface area contributed by atoms with Crippen molar-refractivity contribution in [3.05, 3.63) is 81.5 Å². The molecule has 0 N–H and O–H groups in total. The number of nitro benzene ring substituents is 1. The van der Waals surface area contributed by atoms with Crippen molar-refractivity contribution in [1.82, 2.24) is 9.55 Å². The van der Waals surface area contributed by atoms with Crippen LogP contribution >= 0.6 is 11.3 Å². The van der Waals surface area contributed by atoms with Crippen molar-refractivity contribution >= 4 is 39.7 Å². The molecule has 0 atom stereocenters. The summed E-state index contributed by atoms with van der Waals surface area (Å²) in [6.45, 7) is 0. The molecule has 0 aliphatic rings.